The Morgan fingerprint density at radius 3 is 2.45 bits per heavy atom. The van der Waals surface area contributed by atoms with Crippen molar-refractivity contribution < 1.29 is 28.7 Å². The molecule has 0 spiro atoms. The molecule has 2 N–H and O–H groups in total. The summed E-state index contributed by atoms with van der Waals surface area (Å²) in [5, 5.41) is 5.34. The van der Waals surface area contributed by atoms with Crippen molar-refractivity contribution in [2.45, 2.75) is 25.8 Å². The second-order valence-corrected chi connectivity index (χ2v) is 7.30. The number of hydrogen-bond acceptors (Lipinski definition) is 6. The van der Waals surface area contributed by atoms with Gasteiger partial charge in [-0.1, -0.05) is 37.3 Å². The first-order valence-corrected chi connectivity index (χ1v) is 9.80. The van der Waals surface area contributed by atoms with Crippen LogP contribution in [0.5, 0.6) is 11.5 Å². The van der Waals surface area contributed by atoms with Crippen LogP contribution in [-0.2, 0) is 15.1 Å². The summed E-state index contributed by atoms with van der Waals surface area (Å²) in [4.78, 5) is 51.3. The number of ketones is 1. The predicted molar refractivity (Wildman–Crippen MR) is 110 cm³/mol. The third kappa shape index (κ3) is 3.48. The number of carbonyl (C=O) groups is 4. The van der Waals surface area contributed by atoms with Crippen LogP contribution in [0, 0.1) is 0 Å². The molecule has 0 aromatic heterocycles. The van der Waals surface area contributed by atoms with Crippen molar-refractivity contribution in [1.29, 1.82) is 0 Å². The summed E-state index contributed by atoms with van der Waals surface area (Å²) < 4.78 is 10.6. The second-order valence-electron chi connectivity index (χ2n) is 7.30. The highest BCUT2D eigenvalue weighted by atomic mass is 16.7. The standard InChI is InChI=1S/C22H21N3O6/c1-3-22(14-7-5-4-6-8-14)20(28)25(21(29)24-22)11-19(27)23-16-10-18-17(30-12-31-18)9-15(16)13(2)26/h4-10H,3,11-12H2,1-2H3,(H,23,27)(H,24,29). The van der Waals surface area contributed by atoms with E-state index in [1.807, 2.05) is 6.07 Å². The van der Waals surface area contributed by atoms with Gasteiger partial charge in [0.1, 0.15) is 12.1 Å². The molecular formula is C22H21N3O6. The fourth-order valence-electron chi connectivity index (χ4n) is 3.80. The van der Waals surface area contributed by atoms with E-state index in [4.69, 9.17) is 9.47 Å². The first-order chi connectivity index (χ1) is 14.9. The Labute approximate surface area is 178 Å². The maximum absolute atomic E-state index is 13.2. The third-order valence-electron chi connectivity index (χ3n) is 5.44. The predicted octanol–water partition coefficient (Wildman–Crippen LogP) is 2.41. The average Bonchev–Trinajstić information content (AvgIpc) is 3.31. The van der Waals surface area contributed by atoms with Crippen molar-refractivity contribution >= 4 is 29.3 Å². The minimum Gasteiger partial charge on any atom is -0.454 e. The van der Waals surface area contributed by atoms with Gasteiger partial charge in [-0.05, 0) is 25.0 Å². The van der Waals surface area contributed by atoms with E-state index in [1.165, 1.54) is 19.1 Å². The van der Waals surface area contributed by atoms with Gasteiger partial charge in [-0.15, -0.1) is 0 Å². The first kappa shape index (κ1) is 20.4. The Balaban J connectivity index is 1.55. The second kappa shape index (κ2) is 7.75. The van der Waals surface area contributed by atoms with Crippen LogP contribution in [0.25, 0.3) is 0 Å². The van der Waals surface area contributed by atoms with Crippen LogP contribution in [0.3, 0.4) is 0 Å². The van der Waals surface area contributed by atoms with Gasteiger partial charge in [0, 0.05) is 11.6 Å². The fourth-order valence-corrected chi connectivity index (χ4v) is 3.80. The van der Waals surface area contributed by atoms with Crippen molar-refractivity contribution in [2.75, 3.05) is 18.7 Å². The minimum absolute atomic E-state index is 0.0190. The molecule has 160 valence electrons. The van der Waals surface area contributed by atoms with Crippen molar-refractivity contribution in [2.24, 2.45) is 0 Å². The number of Topliss-reactive ketones (excluding diaryl/α,β-unsaturated/α-hetero) is 1. The number of rotatable bonds is 6. The van der Waals surface area contributed by atoms with E-state index in [2.05, 4.69) is 10.6 Å². The largest absolute Gasteiger partial charge is 0.454 e. The molecule has 31 heavy (non-hydrogen) atoms. The van der Waals surface area contributed by atoms with Crippen LogP contribution in [0.1, 0.15) is 36.2 Å². The zero-order valence-corrected chi connectivity index (χ0v) is 17.1. The summed E-state index contributed by atoms with van der Waals surface area (Å²) in [6.07, 6.45) is 0.330. The molecule has 9 heteroatoms. The van der Waals surface area contributed by atoms with Crippen LogP contribution in [0.15, 0.2) is 42.5 Å². The quantitative estimate of drug-likeness (QED) is 0.545. The zero-order valence-electron chi connectivity index (χ0n) is 17.1. The highest BCUT2D eigenvalue weighted by molar-refractivity contribution is 6.11. The van der Waals surface area contributed by atoms with Crippen molar-refractivity contribution in [1.82, 2.24) is 10.2 Å². The minimum atomic E-state index is -1.22. The summed E-state index contributed by atoms with van der Waals surface area (Å²) >= 11 is 0. The maximum atomic E-state index is 13.2. The smallest absolute Gasteiger partial charge is 0.325 e. The molecular weight excluding hydrogens is 402 g/mol. The molecule has 1 atom stereocenters. The normalized spacial score (nSPS) is 19.4. The number of nitrogens with one attached hydrogen (secondary N) is 2. The molecule has 0 saturated carbocycles. The Morgan fingerprint density at radius 2 is 1.81 bits per heavy atom. The van der Waals surface area contributed by atoms with Crippen LogP contribution in [0.4, 0.5) is 10.5 Å². The number of imide groups is 1. The molecule has 1 saturated heterocycles. The molecule has 0 aliphatic carbocycles. The summed E-state index contributed by atoms with van der Waals surface area (Å²) in [5.41, 5.74) is -0.115. The van der Waals surface area contributed by atoms with E-state index in [9.17, 15) is 19.2 Å². The van der Waals surface area contributed by atoms with Gasteiger partial charge in [0.05, 0.1) is 5.69 Å². The van der Waals surface area contributed by atoms with E-state index in [-0.39, 0.29) is 23.8 Å². The molecule has 2 aliphatic heterocycles. The van der Waals surface area contributed by atoms with E-state index < -0.39 is 29.9 Å². The Kier molecular flexibility index (Phi) is 5.10. The number of fused-ring (bicyclic) bond motifs is 1. The summed E-state index contributed by atoms with van der Waals surface area (Å²) in [6.45, 7) is 2.68. The van der Waals surface area contributed by atoms with Crippen molar-refractivity contribution in [3.63, 3.8) is 0 Å². The van der Waals surface area contributed by atoms with Gasteiger partial charge in [0.15, 0.2) is 17.3 Å². The highest BCUT2D eigenvalue weighted by Crippen LogP contribution is 2.37. The Hall–Kier alpha value is -3.88. The lowest BCUT2D eigenvalue weighted by molar-refractivity contribution is -0.134. The number of ether oxygens (including phenoxy) is 2. The van der Waals surface area contributed by atoms with E-state index in [0.717, 1.165) is 4.90 Å². The number of urea groups is 1. The first-order valence-electron chi connectivity index (χ1n) is 9.80. The zero-order chi connectivity index (χ0) is 22.2. The molecule has 0 radical (unpaired) electrons. The van der Waals surface area contributed by atoms with Gasteiger partial charge in [0.25, 0.3) is 5.91 Å². The van der Waals surface area contributed by atoms with Gasteiger partial charge in [-0.25, -0.2) is 4.79 Å². The lowest BCUT2D eigenvalue weighted by Gasteiger charge is -2.25. The SMILES string of the molecule is CCC1(c2ccccc2)NC(=O)N(CC(=O)Nc2cc3c(cc2C(C)=O)OCO3)C1=O. The molecule has 1 fully saturated rings. The van der Waals surface area contributed by atoms with Gasteiger partial charge < -0.3 is 20.1 Å². The summed E-state index contributed by atoms with van der Waals surface area (Å²) in [7, 11) is 0. The number of hydrogen-bond donors (Lipinski definition) is 2. The maximum Gasteiger partial charge on any atom is 0.325 e. The van der Waals surface area contributed by atoms with Gasteiger partial charge in [-0.2, -0.15) is 0 Å². The van der Waals surface area contributed by atoms with Crippen molar-refractivity contribution in [3.05, 3.63) is 53.6 Å². The van der Waals surface area contributed by atoms with Gasteiger partial charge in [0.2, 0.25) is 12.7 Å². The molecule has 2 aromatic carbocycles. The Bertz CT molecular complexity index is 1080. The number of amides is 4. The van der Waals surface area contributed by atoms with Crippen LogP contribution in [-0.4, -0.2) is 41.9 Å². The number of benzene rings is 2. The number of nitrogens with zero attached hydrogens (tertiary/aromatic N) is 1. The molecule has 1 unspecified atom stereocenters. The number of carbonyl (C=O) groups excluding carboxylic acids is 4. The van der Waals surface area contributed by atoms with Crippen LogP contribution < -0.4 is 20.1 Å². The molecule has 0 bridgehead atoms. The van der Waals surface area contributed by atoms with E-state index in [1.54, 1.807) is 31.2 Å². The van der Waals surface area contributed by atoms with Crippen LogP contribution in [0.2, 0.25) is 0 Å². The third-order valence-corrected chi connectivity index (χ3v) is 5.44. The average molecular weight is 423 g/mol. The summed E-state index contributed by atoms with van der Waals surface area (Å²) in [5.74, 6) is -0.599. The van der Waals surface area contributed by atoms with Crippen LogP contribution >= 0.6 is 0 Å². The Morgan fingerprint density at radius 1 is 1.13 bits per heavy atom. The molecule has 4 rings (SSSR count). The number of anilines is 1. The monoisotopic (exact) mass is 423 g/mol. The van der Waals surface area contributed by atoms with E-state index in [0.29, 0.717) is 23.5 Å². The molecule has 2 aliphatic rings. The van der Waals surface area contributed by atoms with E-state index >= 15 is 0 Å². The molecule has 4 amide bonds. The molecule has 2 heterocycles. The topological polar surface area (TPSA) is 114 Å². The fraction of sp³-hybridized carbons (Fsp3) is 0.273. The van der Waals surface area contributed by atoms with Crippen molar-refractivity contribution in [3.8, 4) is 11.5 Å². The lowest BCUT2D eigenvalue weighted by Crippen LogP contribution is -2.44. The summed E-state index contributed by atoms with van der Waals surface area (Å²) in [6, 6.07) is 11.2. The molecule has 2 aromatic rings. The highest BCUT2D eigenvalue weighted by Gasteiger charge is 2.51. The van der Waals surface area contributed by atoms with Gasteiger partial charge in [-0.3, -0.25) is 19.3 Å². The van der Waals surface area contributed by atoms with Gasteiger partial charge >= 0.3 is 6.03 Å². The molecule has 9 nitrogen and oxygen atoms in total. The lowest BCUT2D eigenvalue weighted by atomic mass is 9.87.